The number of halogens is 2. The lowest BCUT2D eigenvalue weighted by Crippen LogP contribution is -2.03. The van der Waals surface area contributed by atoms with E-state index >= 15 is 0 Å². The van der Waals surface area contributed by atoms with E-state index in [2.05, 4.69) is 31.2 Å². The van der Waals surface area contributed by atoms with Crippen LogP contribution >= 0.6 is 15.9 Å². The highest BCUT2D eigenvalue weighted by Gasteiger charge is 2.15. The van der Waals surface area contributed by atoms with Crippen LogP contribution in [0.25, 0.3) is 11.3 Å². The van der Waals surface area contributed by atoms with Gasteiger partial charge in [0.15, 0.2) is 0 Å². The highest BCUT2D eigenvalue weighted by atomic mass is 79.9. The second-order valence-corrected chi connectivity index (χ2v) is 4.61. The first-order valence-electron chi connectivity index (χ1n) is 5.65. The Morgan fingerprint density at radius 3 is 2.78 bits per heavy atom. The first-order chi connectivity index (χ1) is 8.69. The van der Waals surface area contributed by atoms with E-state index in [4.69, 9.17) is 0 Å². The zero-order valence-corrected chi connectivity index (χ0v) is 11.8. The van der Waals surface area contributed by atoms with E-state index in [9.17, 15) is 4.39 Å². The van der Waals surface area contributed by atoms with Crippen molar-refractivity contribution in [1.29, 1.82) is 0 Å². The van der Waals surface area contributed by atoms with Gasteiger partial charge >= 0.3 is 0 Å². The zero-order valence-electron chi connectivity index (χ0n) is 10.2. The van der Waals surface area contributed by atoms with Crippen LogP contribution in [-0.4, -0.2) is 17.0 Å². The molecule has 94 valence electrons. The quantitative estimate of drug-likeness (QED) is 0.940. The molecule has 1 aromatic carbocycles. The molecule has 2 aromatic rings. The van der Waals surface area contributed by atoms with Crippen molar-refractivity contribution < 1.29 is 4.39 Å². The average molecular weight is 310 g/mol. The third-order valence-corrected chi connectivity index (χ3v) is 3.35. The van der Waals surface area contributed by atoms with Crippen LogP contribution in [0.3, 0.4) is 0 Å². The topological polar surface area (TPSA) is 37.8 Å². The van der Waals surface area contributed by atoms with Gasteiger partial charge in [0.05, 0.1) is 10.2 Å². The van der Waals surface area contributed by atoms with E-state index in [0.717, 1.165) is 17.8 Å². The number of hydrogen-bond acceptors (Lipinski definition) is 3. The Morgan fingerprint density at radius 2 is 2.11 bits per heavy atom. The Kier molecular flexibility index (Phi) is 3.91. The summed E-state index contributed by atoms with van der Waals surface area (Å²) < 4.78 is 14.5. The number of benzene rings is 1. The van der Waals surface area contributed by atoms with E-state index in [1.54, 1.807) is 25.2 Å². The van der Waals surface area contributed by atoms with Gasteiger partial charge in [-0.3, -0.25) is 0 Å². The molecular formula is C13H13BrFN3. The fourth-order valence-corrected chi connectivity index (χ4v) is 2.25. The minimum atomic E-state index is -0.298. The molecule has 1 heterocycles. The summed E-state index contributed by atoms with van der Waals surface area (Å²) in [5.74, 6) is 0.440. The average Bonchev–Trinajstić information content (AvgIpc) is 2.41. The Bertz CT molecular complexity index is 572. The molecule has 0 amide bonds. The normalized spacial score (nSPS) is 10.4. The van der Waals surface area contributed by atoms with Crippen molar-refractivity contribution in [3.63, 3.8) is 0 Å². The highest BCUT2D eigenvalue weighted by molar-refractivity contribution is 9.10. The van der Waals surface area contributed by atoms with Gasteiger partial charge in [-0.1, -0.05) is 13.0 Å². The maximum absolute atomic E-state index is 14.1. The molecular weight excluding hydrogens is 297 g/mol. The molecule has 0 aliphatic heterocycles. The van der Waals surface area contributed by atoms with Crippen molar-refractivity contribution in [1.82, 2.24) is 9.97 Å². The van der Waals surface area contributed by atoms with Crippen LogP contribution in [0.5, 0.6) is 0 Å². The van der Waals surface area contributed by atoms with Gasteiger partial charge < -0.3 is 5.32 Å². The Labute approximate surface area is 114 Å². The Morgan fingerprint density at radius 1 is 1.33 bits per heavy atom. The number of rotatable bonds is 3. The first kappa shape index (κ1) is 13.0. The van der Waals surface area contributed by atoms with Gasteiger partial charge in [-0.25, -0.2) is 14.4 Å². The lowest BCUT2D eigenvalue weighted by atomic mass is 10.0. The molecule has 1 aromatic heterocycles. The van der Waals surface area contributed by atoms with Gasteiger partial charge in [0.2, 0.25) is 0 Å². The lowest BCUT2D eigenvalue weighted by Gasteiger charge is -2.12. The maximum atomic E-state index is 14.1. The van der Waals surface area contributed by atoms with E-state index in [1.807, 2.05) is 6.92 Å². The number of nitrogens with zero attached hydrogens (tertiary/aromatic N) is 2. The molecule has 0 saturated carbocycles. The highest BCUT2D eigenvalue weighted by Crippen LogP contribution is 2.31. The summed E-state index contributed by atoms with van der Waals surface area (Å²) in [5.41, 5.74) is 2.03. The van der Waals surface area contributed by atoms with Crippen molar-refractivity contribution in [2.45, 2.75) is 13.3 Å². The third-order valence-electron chi connectivity index (χ3n) is 2.74. The number of hydrogen-bond donors (Lipinski definition) is 1. The molecule has 0 spiro atoms. The molecule has 0 unspecified atom stereocenters. The van der Waals surface area contributed by atoms with Crippen LogP contribution in [0, 0.1) is 5.82 Å². The smallest absolute Gasteiger partial charge is 0.146 e. The van der Waals surface area contributed by atoms with Gasteiger partial charge in [0.1, 0.15) is 18.0 Å². The molecule has 3 nitrogen and oxygen atoms in total. The monoisotopic (exact) mass is 309 g/mol. The molecule has 1 N–H and O–H groups in total. The predicted molar refractivity (Wildman–Crippen MR) is 74.1 cm³/mol. The van der Waals surface area contributed by atoms with Crippen LogP contribution in [0.2, 0.25) is 0 Å². The second kappa shape index (κ2) is 5.44. The van der Waals surface area contributed by atoms with Crippen molar-refractivity contribution in [2.24, 2.45) is 0 Å². The Balaban J connectivity index is 2.67. The van der Waals surface area contributed by atoms with Crippen LogP contribution in [-0.2, 0) is 6.42 Å². The first-order valence-corrected chi connectivity index (χ1v) is 6.44. The van der Waals surface area contributed by atoms with E-state index in [-0.39, 0.29) is 5.82 Å². The number of aromatic nitrogens is 2. The minimum Gasteiger partial charge on any atom is -0.373 e. The number of anilines is 1. The van der Waals surface area contributed by atoms with Crippen LogP contribution in [0.15, 0.2) is 29.0 Å². The molecule has 0 fully saturated rings. The van der Waals surface area contributed by atoms with Gasteiger partial charge in [0.25, 0.3) is 0 Å². The molecule has 0 radical (unpaired) electrons. The summed E-state index contributed by atoms with van der Waals surface area (Å²) in [6.45, 7) is 2.00. The van der Waals surface area contributed by atoms with Crippen molar-refractivity contribution >= 4 is 21.7 Å². The second-order valence-electron chi connectivity index (χ2n) is 3.75. The number of nitrogens with one attached hydrogen (secondary N) is 1. The van der Waals surface area contributed by atoms with Crippen LogP contribution < -0.4 is 5.32 Å². The molecule has 0 atom stereocenters. The van der Waals surface area contributed by atoms with Crippen LogP contribution in [0.4, 0.5) is 10.2 Å². The van der Waals surface area contributed by atoms with Crippen molar-refractivity contribution in [3.8, 4) is 11.3 Å². The molecule has 0 bridgehead atoms. The largest absolute Gasteiger partial charge is 0.373 e. The fraction of sp³-hybridized carbons (Fsp3) is 0.231. The molecule has 0 aliphatic rings. The SMILES string of the molecule is CCc1c(NC)ncnc1-c1cccc(Br)c1F. The Hall–Kier alpha value is -1.49. The van der Waals surface area contributed by atoms with E-state index < -0.39 is 0 Å². The zero-order chi connectivity index (χ0) is 13.1. The lowest BCUT2D eigenvalue weighted by molar-refractivity contribution is 0.624. The van der Waals surface area contributed by atoms with Crippen molar-refractivity contribution in [3.05, 3.63) is 40.4 Å². The van der Waals surface area contributed by atoms with Gasteiger partial charge in [-0.2, -0.15) is 0 Å². The van der Waals surface area contributed by atoms with E-state index in [1.165, 1.54) is 6.33 Å². The minimum absolute atomic E-state index is 0.298. The standard InChI is InChI=1S/C13H13BrFN3/c1-3-8-12(17-7-18-13(8)16-2)9-5-4-6-10(14)11(9)15/h4-7H,3H2,1-2H3,(H,16,17,18). The molecule has 5 heteroatoms. The fourth-order valence-electron chi connectivity index (χ4n) is 1.88. The summed E-state index contributed by atoms with van der Waals surface area (Å²) in [6, 6.07) is 5.19. The molecule has 0 aliphatic carbocycles. The van der Waals surface area contributed by atoms with E-state index in [0.29, 0.717) is 15.7 Å². The summed E-state index contributed by atoms with van der Waals surface area (Å²) in [4.78, 5) is 8.37. The van der Waals surface area contributed by atoms with Crippen molar-refractivity contribution in [2.75, 3.05) is 12.4 Å². The summed E-state index contributed by atoms with van der Waals surface area (Å²) in [6.07, 6.45) is 2.18. The van der Waals surface area contributed by atoms with Gasteiger partial charge in [-0.15, -0.1) is 0 Å². The maximum Gasteiger partial charge on any atom is 0.146 e. The third kappa shape index (κ3) is 2.22. The predicted octanol–water partition coefficient (Wildman–Crippen LogP) is 3.65. The van der Waals surface area contributed by atoms with Gasteiger partial charge in [-0.05, 0) is 34.5 Å². The molecule has 18 heavy (non-hydrogen) atoms. The van der Waals surface area contributed by atoms with Gasteiger partial charge in [0, 0.05) is 18.2 Å². The molecule has 2 rings (SSSR count). The molecule has 0 saturated heterocycles. The summed E-state index contributed by atoms with van der Waals surface area (Å²) in [5, 5.41) is 3.01. The summed E-state index contributed by atoms with van der Waals surface area (Å²) >= 11 is 3.19. The van der Waals surface area contributed by atoms with Crippen LogP contribution in [0.1, 0.15) is 12.5 Å². The summed E-state index contributed by atoms with van der Waals surface area (Å²) in [7, 11) is 1.79.